The molecule has 0 aliphatic rings. The van der Waals surface area contributed by atoms with Crippen LogP contribution in [0.5, 0.6) is 0 Å². The first kappa shape index (κ1) is 48.8. The van der Waals surface area contributed by atoms with Crippen molar-refractivity contribution < 1.29 is 260 Å². The third-order valence-corrected chi connectivity index (χ3v) is 4.53. The van der Waals surface area contributed by atoms with Gasteiger partial charge in [-0.05, 0) is 0 Å². The third-order valence-electron chi connectivity index (χ3n) is 4.53. The normalized spacial score (nSPS) is 10.7. The van der Waals surface area contributed by atoms with Gasteiger partial charge in [-0.25, -0.2) is 0 Å². The van der Waals surface area contributed by atoms with Crippen molar-refractivity contribution in [1.29, 1.82) is 0 Å². The largest absolute Gasteiger partial charge is 1.00 e. The molecule has 15 nitrogen and oxygen atoms in total. The van der Waals surface area contributed by atoms with Crippen molar-refractivity contribution in [3.63, 3.8) is 0 Å². The number of nitrogens with zero attached hydrogens (tertiary/aromatic N) is 3. The van der Waals surface area contributed by atoms with Crippen molar-refractivity contribution >= 4 is 29.6 Å². The molecule has 0 radical (unpaired) electrons. The Labute approximate surface area is 394 Å². The summed E-state index contributed by atoms with van der Waals surface area (Å²) in [5, 5.41) is 47.4. The summed E-state index contributed by atoms with van der Waals surface area (Å²) in [5.41, 5.74) is -0.242. The zero-order valence-corrected chi connectivity index (χ0v) is 35.1. The molecular formula is C20H27K4N3O12+4. The Morgan fingerprint density at radius 1 is 0.769 bits per heavy atom. The van der Waals surface area contributed by atoms with Gasteiger partial charge in [-0.15, -0.1) is 0 Å². The van der Waals surface area contributed by atoms with Gasteiger partial charge in [-0.3, -0.25) is 39.1 Å². The number of carboxylic acids is 4. The van der Waals surface area contributed by atoms with Gasteiger partial charge in [0.2, 0.25) is 0 Å². The molecule has 0 aromatic heterocycles. The van der Waals surface area contributed by atoms with Crippen LogP contribution in [0.4, 0.5) is 5.69 Å². The van der Waals surface area contributed by atoms with E-state index in [0.717, 1.165) is 9.80 Å². The molecule has 1 unspecified atom stereocenters. The summed E-state index contributed by atoms with van der Waals surface area (Å²) in [5.74, 6) is -5.04. The Kier molecular flexibility index (Phi) is 35.5. The van der Waals surface area contributed by atoms with Crippen molar-refractivity contribution in [3.05, 3.63) is 39.9 Å². The van der Waals surface area contributed by atoms with Crippen LogP contribution < -0.4 is 206 Å². The Balaban J connectivity index is -0.00000153. The minimum absolute atomic E-state index is 0. The Hall–Kier alpha value is 2.89. The molecule has 0 saturated carbocycles. The number of carboxylic acid groups (broad SMARTS) is 4. The van der Waals surface area contributed by atoms with E-state index in [-0.39, 0.29) is 250 Å². The average Bonchev–Trinajstić information content (AvgIpc) is 2.73. The van der Waals surface area contributed by atoms with Crippen molar-refractivity contribution in [2.75, 3.05) is 59.2 Å². The van der Waals surface area contributed by atoms with Crippen LogP contribution in [0.15, 0.2) is 24.3 Å². The predicted octanol–water partition coefficient (Wildman–Crippen LogP) is -12.4. The molecule has 194 valence electrons. The molecule has 1 atom stereocenters. The standard InChI is InChI=1S/C20H27N3O12.4K/c24-17(25)9-21(10-18(26)27)5-6-34-7-8-35-13-16(22(11-19(28)29)12-20(30)31)14-3-1-2-4-15(14)23(32)33;;;;/h1-4,16H,5-13H2,(H,24,25)(H,26,27)(H,28,29)(H,30,31);;;;/q;4*+1. The molecule has 1 aromatic rings. The fraction of sp³-hybridized carbons (Fsp3) is 0.500. The van der Waals surface area contributed by atoms with Gasteiger partial charge in [-0.1, -0.05) is 18.2 Å². The van der Waals surface area contributed by atoms with Gasteiger partial charge in [0.05, 0.1) is 63.6 Å². The molecule has 1 aromatic carbocycles. The zero-order valence-electron chi connectivity index (χ0n) is 22.6. The number of ether oxygens (including phenoxy) is 2. The monoisotopic (exact) mass is 657 g/mol. The van der Waals surface area contributed by atoms with Gasteiger partial charge in [0, 0.05) is 18.2 Å². The molecule has 0 saturated heterocycles. The molecule has 0 aliphatic carbocycles. The topological polar surface area (TPSA) is 217 Å². The molecule has 4 N–H and O–H groups in total. The van der Waals surface area contributed by atoms with E-state index in [1.807, 2.05) is 0 Å². The molecule has 0 spiro atoms. The maximum absolute atomic E-state index is 11.4. The summed E-state index contributed by atoms with van der Waals surface area (Å²) in [6.45, 7) is -2.67. The van der Waals surface area contributed by atoms with Crippen LogP contribution in [-0.4, -0.2) is 118 Å². The fourth-order valence-corrected chi connectivity index (χ4v) is 3.16. The van der Waals surface area contributed by atoms with Crippen LogP contribution in [0.3, 0.4) is 0 Å². The summed E-state index contributed by atoms with van der Waals surface area (Å²) >= 11 is 0. The second-order valence-electron chi connectivity index (χ2n) is 7.21. The fourth-order valence-electron chi connectivity index (χ4n) is 3.16. The van der Waals surface area contributed by atoms with Gasteiger partial charge in [0.1, 0.15) is 0 Å². The van der Waals surface area contributed by atoms with Gasteiger partial charge < -0.3 is 29.9 Å². The van der Waals surface area contributed by atoms with Crippen LogP contribution in [-0.2, 0) is 28.7 Å². The molecule has 0 aliphatic heterocycles. The van der Waals surface area contributed by atoms with Crippen molar-refractivity contribution in [2.45, 2.75) is 6.04 Å². The van der Waals surface area contributed by atoms with Crippen molar-refractivity contribution in [3.8, 4) is 0 Å². The zero-order chi connectivity index (χ0) is 26.4. The number of carbonyl (C=O) groups is 4. The van der Waals surface area contributed by atoms with E-state index in [4.69, 9.17) is 19.7 Å². The molecule has 0 amide bonds. The van der Waals surface area contributed by atoms with Crippen LogP contribution in [0, 0.1) is 10.1 Å². The summed E-state index contributed by atoms with van der Waals surface area (Å²) in [6.07, 6.45) is 0. The van der Waals surface area contributed by atoms with E-state index in [1.54, 1.807) is 0 Å². The number of aliphatic carboxylic acids is 4. The van der Waals surface area contributed by atoms with E-state index < -0.39 is 61.0 Å². The van der Waals surface area contributed by atoms with E-state index in [0.29, 0.717) is 0 Å². The quantitative estimate of drug-likeness (QED) is 0.0470. The maximum atomic E-state index is 11.4. The minimum atomic E-state index is -1.33. The van der Waals surface area contributed by atoms with Crippen LogP contribution in [0.1, 0.15) is 11.6 Å². The maximum Gasteiger partial charge on any atom is 1.00 e. The summed E-state index contributed by atoms with van der Waals surface area (Å²) in [4.78, 5) is 57.1. The van der Waals surface area contributed by atoms with Gasteiger partial charge in [0.25, 0.3) is 5.69 Å². The molecule has 39 heavy (non-hydrogen) atoms. The van der Waals surface area contributed by atoms with E-state index in [9.17, 15) is 39.5 Å². The van der Waals surface area contributed by atoms with Crippen LogP contribution in [0.2, 0.25) is 0 Å². The molecule has 0 bridgehead atoms. The number of hydrogen-bond acceptors (Lipinski definition) is 10. The van der Waals surface area contributed by atoms with Gasteiger partial charge in [0.15, 0.2) is 0 Å². The average molecular weight is 658 g/mol. The second kappa shape index (κ2) is 28.4. The molecule has 0 fully saturated rings. The first-order chi connectivity index (χ1) is 16.5. The Bertz CT molecular complexity index is 880. The van der Waals surface area contributed by atoms with Crippen LogP contribution >= 0.6 is 0 Å². The SMILES string of the molecule is O=C(O)CN(CCOCCOCC(c1ccccc1[N+](=O)[O-])N(CC(=O)O)CC(=O)O)CC(=O)O.[K+].[K+].[K+].[K+]. The summed E-state index contributed by atoms with van der Waals surface area (Å²) < 4.78 is 10.8. The number of hydrogen-bond donors (Lipinski definition) is 4. The van der Waals surface area contributed by atoms with E-state index in [1.165, 1.54) is 24.3 Å². The number of para-hydroxylation sites is 1. The molecule has 0 heterocycles. The summed E-state index contributed by atoms with van der Waals surface area (Å²) in [6, 6.07) is 4.46. The number of nitro benzene ring substituents is 1. The van der Waals surface area contributed by atoms with Gasteiger partial charge >= 0.3 is 229 Å². The number of nitro groups is 1. The Morgan fingerprint density at radius 3 is 1.69 bits per heavy atom. The van der Waals surface area contributed by atoms with Crippen molar-refractivity contribution in [2.24, 2.45) is 0 Å². The smallest absolute Gasteiger partial charge is 0.480 e. The number of rotatable bonds is 19. The van der Waals surface area contributed by atoms with E-state index >= 15 is 0 Å². The Morgan fingerprint density at radius 2 is 1.23 bits per heavy atom. The van der Waals surface area contributed by atoms with Crippen molar-refractivity contribution in [1.82, 2.24) is 9.80 Å². The minimum Gasteiger partial charge on any atom is -0.480 e. The first-order valence-corrected chi connectivity index (χ1v) is 10.2. The van der Waals surface area contributed by atoms with E-state index in [2.05, 4.69) is 0 Å². The molecule has 19 heteroatoms. The first-order valence-electron chi connectivity index (χ1n) is 10.2. The summed E-state index contributed by atoms with van der Waals surface area (Å²) in [7, 11) is 0. The molecular weight excluding hydrogens is 631 g/mol. The third kappa shape index (κ3) is 23.0. The van der Waals surface area contributed by atoms with Crippen LogP contribution in [0.25, 0.3) is 0 Å². The number of benzene rings is 1. The predicted molar refractivity (Wildman–Crippen MR) is 116 cm³/mol. The molecule has 1 rings (SSSR count). The second-order valence-corrected chi connectivity index (χ2v) is 7.21. The van der Waals surface area contributed by atoms with Gasteiger partial charge in [-0.2, -0.15) is 0 Å².